The van der Waals surface area contributed by atoms with E-state index in [9.17, 15) is 17.6 Å². The number of sulfonamides is 1. The number of nitrogens with one attached hydrogen (secondary N) is 1. The molecule has 2 rings (SSSR count). The molecule has 0 unspecified atom stereocenters. The molecule has 2 aromatic carbocycles. The highest BCUT2D eigenvalue weighted by Crippen LogP contribution is 2.28. The number of anilines is 1. The van der Waals surface area contributed by atoms with Crippen molar-refractivity contribution in [1.82, 2.24) is 5.32 Å². The van der Waals surface area contributed by atoms with Crippen molar-refractivity contribution in [3.05, 3.63) is 63.9 Å². The minimum atomic E-state index is -3.75. The third kappa shape index (κ3) is 6.77. The third-order valence-corrected chi connectivity index (χ3v) is 7.14. The first-order chi connectivity index (χ1) is 14.1. The number of rotatable bonds is 10. The molecule has 0 saturated heterocycles. The molecule has 0 fully saturated rings. The van der Waals surface area contributed by atoms with Crippen molar-refractivity contribution in [2.75, 3.05) is 22.9 Å². The van der Waals surface area contributed by atoms with Gasteiger partial charge in [0.1, 0.15) is 11.9 Å². The van der Waals surface area contributed by atoms with Crippen LogP contribution in [-0.2, 0) is 20.6 Å². The van der Waals surface area contributed by atoms with Gasteiger partial charge in [-0.2, -0.15) is 11.8 Å². The van der Waals surface area contributed by atoms with E-state index < -0.39 is 27.8 Å². The summed E-state index contributed by atoms with van der Waals surface area (Å²) in [4.78, 5) is 12.7. The minimum absolute atomic E-state index is 0.239. The number of amides is 1. The molecule has 0 heterocycles. The van der Waals surface area contributed by atoms with Crippen LogP contribution >= 0.6 is 35.0 Å². The zero-order chi connectivity index (χ0) is 22.3. The fourth-order valence-electron chi connectivity index (χ4n) is 2.86. The molecule has 2 aromatic rings. The Kier molecular flexibility index (Phi) is 9.28. The van der Waals surface area contributed by atoms with Crippen LogP contribution in [-0.4, -0.2) is 38.9 Å². The van der Waals surface area contributed by atoms with Gasteiger partial charge < -0.3 is 5.32 Å². The molecule has 0 aliphatic heterocycles. The minimum Gasteiger partial charge on any atom is -0.353 e. The third-order valence-electron chi connectivity index (χ3n) is 4.26. The number of carbonyl (C=O) groups excluding carboxylic acids is 1. The molecule has 1 N–H and O–H groups in total. The van der Waals surface area contributed by atoms with Gasteiger partial charge in [0.05, 0.1) is 11.9 Å². The van der Waals surface area contributed by atoms with Crippen LogP contribution in [0.1, 0.15) is 18.9 Å². The monoisotopic (exact) mass is 492 g/mol. The summed E-state index contributed by atoms with van der Waals surface area (Å²) in [5.41, 5.74) is 1.08. The molecule has 30 heavy (non-hydrogen) atoms. The summed E-state index contributed by atoms with van der Waals surface area (Å²) in [5, 5.41) is 3.96. The standard InChI is InChI=1S/C20H23Cl2FN2O3S2/c1-3-19(25(30(2,27)28)15-9-7-14(23)8-10-15)20(26)24-11-12-29-13-16-17(21)5-4-6-18(16)22/h4-10,19H,3,11-13H2,1-2H3,(H,24,26)/t19-/m0/s1. The first-order valence-electron chi connectivity index (χ1n) is 9.18. The topological polar surface area (TPSA) is 66.5 Å². The molecule has 5 nitrogen and oxygen atoms in total. The SMILES string of the molecule is CC[C@@H](C(=O)NCCSCc1c(Cl)cccc1Cl)N(c1ccc(F)cc1)S(C)(=O)=O. The van der Waals surface area contributed by atoms with Gasteiger partial charge in [0, 0.05) is 28.1 Å². The maximum atomic E-state index is 13.2. The Morgan fingerprint density at radius 2 is 1.77 bits per heavy atom. The van der Waals surface area contributed by atoms with E-state index in [1.165, 1.54) is 12.1 Å². The van der Waals surface area contributed by atoms with Gasteiger partial charge in [-0.15, -0.1) is 0 Å². The Labute approximate surface area is 191 Å². The summed E-state index contributed by atoms with van der Waals surface area (Å²) in [5.74, 6) is 0.291. The molecule has 164 valence electrons. The summed E-state index contributed by atoms with van der Waals surface area (Å²) in [6.45, 7) is 2.07. The van der Waals surface area contributed by atoms with Gasteiger partial charge in [-0.25, -0.2) is 12.8 Å². The zero-order valence-electron chi connectivity index (χ0n) is 16.6. The average Bonchev–Trinajstić information content (AvgIpc) is 2.67. The molecule has 0 aliphatic rings. The van der Waals surface area contributed by atoms with Crippen LogP contribution in [0.25, 0.3) is 0 Å². The van der Waals surface area contributed by atoms with Crippen LogP contribution < -0.4 is 9.62 Å². The second-order valence-electron chi connectivity index (χ2n) is 6.50. The Morgan fingerprint density at radius 3 is 2.30 bits per heavy atom. The van der Waals surface area contributed by atoms with Crippen LogP contribution in [0.4, 0.5) is 10.1 Å². The molecule has 0 bridgehead atoms. The van der Waals surface area contributed by atoms with Crippen molar-refractivity contribution in [3.8, 4) is 0 Å². The predicted molar refractivity (Wildman–Crippen MR) is 123 cm³/mol. The van der Waals surface area contributed by atoms with Gasteiger partial charge in [0.25, 0.3) is 0 Å². The summed E-state index contributed by atoms with van der Waals surface area (Å²) < 4.78 is 38.9. The van der Waals surface area contributed by atoms with Crippen molar-refractivity contribution >= 4 is 56.6 Å². The second-order valence-corrected chi connectivity index (χ2v) is 10.3. The van der Waals surface area contributed by atoms with E-state index in [4.69, 9.17) is 23.2 Å². The quantitative estimate of drug-likeness (QED) is 0.487. The lowest BCUT2D eigenvalue weighted by atomic mass is 10.2. The molecule has 0 aromatic heterocycles. The van der Waals surface area contributed by atoms with E-state index in [-0.39, 0.29) is 12.1 Å². The van der Waals surface area contributed by atoms with Gasteiger partial charge in [-0.05, 0) is 48.4 Å². The Morgan fingerprint density at radius 1 is 1.17 bits per heavy atom. The van der Waals surface area contributed by atoms with Crippen molar-refractivity contribution in [2.24, 2.45) is 0 Å². The summed E-state index contributed by atoms with van der Waals surface area (Å²) in [6, 6.07) is 9.39. The Bertz CT molecular complexity index is 952. The van der Waals surface area contributed by atoms with Crippen LogP contribution in [0.3, 0.4) is 0 Å². The van der Waals surface area contributed by atoms with Crippen molar-refractivity contribution in [3.63, 3.8) is 0 Å². The summed E-state index contributed by atoms with van der Waals surface area (Å²) in [6.07, 6.45) is 1.29. The summed E-state index contributed by atoms with van der Waals surface area (Å²) in [7, 11) is -3.75. The zero-order valence-corrected chi connectivity index (χ0v) is 19.7. The van der Waals surface area contributed by atoms with Crippen LogP contribution in [0.15, 0.2) is 42.5 Å². The number of nitrogens with zero attached hydrogens (tertiary/aromatic N) is 1. The van der Waals surface area contributed by atoms with Crippen molar-refractivity contribution < 1.29 is 17.6 Å². The molecule has 0 radical (unpaired) electrons. The first kappa shape index (κ1) is 24.8. The van der Waals surface area contributed by atoms with Gasteiger partial charge in [0.2, 0.25) is 15.9 Å². The average molecular weight is 493 g/mol. The fraction of sp³-hybridized carbons (Fsp3) is 0.350. The second kappa shape index (κ2) is 11.2. The van der Waals surface area contributed by atoms with Crippen LogP contribution in [0, 0.1) is 5.82 Å². The first-order valence-corrected chi connectivity index (χ1v) is 12.9. The van der Waals surface area contributed by atoms with E-state index in [1.54, 1.807) is 36.9 Å². The molecule has 1 atom stereocenters. The van der Waals surface area contributed by atoms with Crippen LogP contribution in [0.5, 0.6) is 0 Å². The van der Waals surface area contributed by atoms with E-state index in [0.29, 0.717) is 28.1 Å². The lowest BCUT2D eigenvalue weighted by Crippen LogP contribution is -2.49. The lowest BCUT2D eigenvalue weighted by Gasteiger charge is -2.30. The molecule has 10 heteroatoms. The van der Waals surface area contributed by atoms with E-state index in [0.717, 1.165) is 28.3 Å². The molecule has 0 spiro atoms. The maximum absolute atomic E-state index is 13.2. The summed E-state index contributed by atoms with van der Waals surface area (Å²) >= 11 is 13.8. The highest BCUT2D eigenvalue weighted by molar-refractivity contribution is 7.98. The van der Waals surface area contributed by atoms with E-state index in [1.807, 2.05) is 0 Å². The maximum Gasteiger partial charge on any atom is 0.243 e. The number of hydrogen-bond acceptors (Lipinski definition) is 4. The van der Waals surface area contributed by atoms with Gasteiger partial charge in [-0.1, -0.05) is 36.2 Å². The largest absolute Gasteiger partial charge is 0.353 e. The van der Waals surface area contributed by atoms with Crippen molar-refractivity contribution in [1.29, 1.82) is 0 Å². The number of carbonyl (C=O) groups is 1. The number of benzene rings is 2. The van der Waals surface area contributed by atoms with Gasteiger partial charge in [0.15, 0.2) is 0 Å². The smallest absolute Gasteiger partial charge is 0.243 e. The molecular formula is C20H23Cl2FN2O3S2. The van der Waals surface area contributed by atoms with E-state index in [2.05, 4.69) is 5.32 Å². The highest BCUT2D eigenvalue weighted by atomic mass is 35.5. The molecule has 0 aliphatic carbocycles. The Balaban J connectivity index is 1.98. The number of halogens is 3. The lowest BCUT2D eigenvalue weighted by molar-refractivity contribution is -0.122. The molecule has 0 saturated carbocycles. The number of thioether (sulfide) groups is 1. The highest BCUT2D eigenvalue weighted by Gasteiger charge is 2.31. The molecule has 1 amide bonds. The normalized spacial score (nSPS) is 12.4. The Hall–Kier alpha value is -1.48. The molecular weight excluding hydrogens is 470 g/mol. The fourth-order valence-corrected chi connectivity index (χ4v) is 5.66. The predicted octanol–water partition coefficient (Wildman–Crippen LogP) is 4.73. The number of hydrogen-bond donors (Lipinski definition) is 1. The van der Waals surface area contributed by atoms with Gasteiger partial charge >= 0.3 is 0 Å². The van der Waals surface area contributed by atoms with Gasteiger partial charge in [-0.3, -0.25) is 9.10 Å². The van der Waals surface area contributed by atoms with Crippen LogP contribution in [0.2, 0.25) is 10.0 Å². The van der Waals surface area contributed by atoms with Crippen molar-refractivity contribution in [2.45, 2.75) is 25.1 Å². The van der Waals surface area contributed by atoms with E-state index >= 15 is 0 Å².